The number of hydrogen-bond donors (Lipinski definition) is 0. The van der Waals surface area contributed by atoms with Crippen LogP contribution in [0.3, 0.4) is 0 Å². The summed E-state index contributed by atoms with van der Waals surface area (Å²) < 4.78 is 0. The molecular weight excluding hydrogens is 438 g/mol. The van der Waals surface area contributed by atoms with Gasteiger partial charge in [0.05, 0.1) is 22.8 Å². The highest BCUT2D eigenvalue weighted by molar-refractivity contribution is 5.60. The van der Waals surface area contributed by atoms with Crippen LogP contribution in [0.2, 0.25) is 0 Å². The Kier molecular flexibility index (Phi) is 7.30. The van der Waals surface area contributed by atoms with Crippen LogP contribution >= 0.6 is 0 Å². The molecule has 0 aliphatic rings. The molecule has 0 bridgehead atoms. The van der Waals surface area contributed by atoms with Gasteiger partial charge < -0.3 is 0 Å². The highest BCUT2D eigenvalue weighted by atomic mass is 15.1. The maximum absolute atomic E-state index is 5.02. The van der Waals surface area contributed by atoms with Crippen LogP contribution in [-0.4, -0.2) is 14.9 Å². The molecule has 5 rings (SSSR count). The molecule has 0 spiro atoms. The summed E-state index contributed by atoms with van der Waals surface area (Å²) >= 11 is 0. The van der Waals surface area contributed by atoms with Crippen molar-refractivity contribution in [3.05, 3.63) is 143 Å². The number of hydrogen-bond acceptors (Lipinski definition) is 3. The first kappa shape index (κ1) is 23.7. The van der Waals surface area contributed by atoms with E-state index in [1.54, 1.807) is 0 Å². The van der Waals surface area contributed by atoms with Crippen LogP contribution < -0.4 is 0 Å². The Balaban J connectivity index is 1.41. The van der Waals surface area contributed by atoms with Gasteiger partial charge in [0.25, 0.3) is 0 Å². The first-order valence-electron chi connectivity index (χ1n) is 12.4. The van der Waals surface area contributed by atoms with Crippen LogP contribution in [0.5, 0.6) is 0 Å². The van der Waals surface area contributed by atoms with E-state index in [0.29, 0.717) is 0 Å². The molecule has 3 nitrogen and oxygen atoms in total. The molecule has 0 saturated heterocycles. The summed E-state index contributed by atoms with van der Waals surface area (Å²) in [7, 11) is 0. The molecule has 178 valence electrons. The predicted molar refractivity (Wildman–Crippen MR) is 148 cm³/mol. The Morgan fingerprint density at radius 2 is 1.00 bits per heavy atom. The van der Waals surface area contributed by atoms with Crippen molar-refractivity contribution < 1.29 is 0 Å². The normalized spacial score (nSPS) is 11.1. The number of benzene rings is 3. The fourth-order valence-corrected chi connectivity index (χ4v) is 4.53. The van der Waals surface area contributed by atoms with Crippen molar-refractivity contribution in [3.8, 4) is 22.5 Å². The van der Waals surface area contributed by atoms with Crippen molar-refractivity contribution in [3.63, 3.8) is 0 Å². The lowest BCUT2D eigenvalue weighted by molar-refractivity contribution is 0.242. The summed E-state index contributed by atoms with van der Waals surface area (Å²) in [6.07, 6.45) is 0. The molecule has 0 unspecified atom stereocenters. The second-order valence-electron chi connectivity index (χ2n) is 9.40. The highest BCUT2D eigenvalue weighted by Crippen LogP contribution is 2.22. The first-order chi connectivity index (χ1) is 17.6. The zero-order chi connectivity index (χ0) is 24.7. The van der Waals surface area contributed by atoms with Crippen LogP contribution in [0.25, 0.3) is 22.5 Å². The third-order valence-corrected chi connectivity index (χ3v) is 6.26. The van der Waals surface area contributed by atoms with E-state index in [1.807, 2.05) is 0 Å². The monoisotopic (exact) mass is 469 g/mol. The molecule has 2 heterocycles. The van der Waals surface area contributed by atoms with Gasteiger partial charge in [0.1, 0.15) is 0 Å². The molecule has 0 aliphatic carbocycles. The van der Waals surface area contributed by atoms with E-state index in [1.165, 1.54) is 16.7 Å². The average molecular weight is 470 g/mol. The van der Waals surface area contributed by atoms with Crippen molar-refractivity contribution in [1.29, 1.82) is 0 Å². The maximum atomic E-state index is 5.02. The number of aryl methyl sites for hydroxylation is 2. The van der Waals surface area contributed by atoms with Gasteiger partial charge >= 0.3 is 0 Å². The largest absolute Gasteiger partial charge is 0.287 e. The van der Waals surface area contributed by atoms with Gasteiger partial charge in [0.2, 0.25) is 0 Å². The van der Waals surface area contributed by atoms with Gasteiger partial charge in [-0.15, -0.1) is 0 Å². The zero-order valence-electron chi connectivity index (χ0n) is 20.9. The number of aromatic nitrogens is 2. The fourth-order valence-electron chi connectivity index (χ4n) is 4.53. The number of nitrogens with zero attached hydrogens (tertiary/aromatic N) is 3. The standard InChI is InChI=1S/C33H31N3/c1-25-10-6-14-28(20-25)32-18-8-16-30(34-32)23-36(22-27-12-4-3-5-13-27)24-31-17-9-19-33(35-31)29-15-7-11-26(2)21-29/h3-21H,22-24H2,1-2H3. The second-order valence-corrected chi connectivity index (χ2v) is 9.40. The lowest BCUT2D eigenvalue weighted by Crippen LogP contribution is -2.23. The summed E-state index contributed by atoms with van der Waals surface area (Å²) in [4.78, 5) is 12.5. The molecule has 0 radical (unpaired) electrons. The van der Waals surface area contributed by atoms with Crippen LogP contribution in [0, 0.1) is 13.8 Å². The SMILES string of the molecule is Cc1cccc(-c2cccc(CN(Cc3ccccc3)Cc3cccc(-c4cccc(C)c4)n3)n2)c1. The minimum absolute atomic E-state index is 0.741. The molecule has 0 fully saturated rings. The molecule has 5 aromatic rings. The van der Waals surface area contributed by atoms with Crippen molar-refractivity contribution in [2.45, 2.75) is 33.5 Å². The van der Waals surface area contributed by atoms with Crippen LogP contribution in [0.1, 0.15) is 28.1 Å². The maximum Gasteiger partial charge on any atom is 0.0705 e. The molecule has 2 aromatic heterocycles. The Labute approximate surface area is 214 Å². The molecule has 3 heteroatoms. The van der Waals surface area contributed by atoms with Gasteiger partial charge in [-0.1, -0.05) is 90.0 Å². The van der Waals surface area contributed by atoms with Crippen molar-refractivity contribution in [2.75, 3.05) is 0 Å². The van der Waals surface area contributed by atoms with Gasteiger partial charge in [0.15, 0.2) is 0 Å². The minimum Gasteiger partial charge on any atom is -0.287 e. The van der Waals surface area contributed by atoms with Crippen molar-refractivity contribution in [1.82, 2.24) is 14.9 Å². The smallest absolute Gasteiger partial charge is 0.0705 e. The van der Waals surface area contributed by atoms with Gasteiger partial charge in [-0.25, -0.2) is 0 Å². The van der Waals surface area contributed by atoms with Crippen LogP contribution in [-0.2, 0) is 19.6 Å². The first-order valence-corrected chi connectivity index (χ1v) is 12.4. The third kappa shape index (κ3) is 6.12. The summed E-state index contributed by atoms with van der Waals surface area (Å²) in [6, 6.07) is 40.3. The predicted octanol–water partition coefficient (Wildman–Crippen LogP) is 7.63. The molecule has 0 atom stereocenters. The molecule has 3 aromatic carbocycles. The topological polar surface area (TPSA) is 29.0 Å². The van der Waals surface area contributed by atoms with E-state index < -0.39 is 0 Å². The van der Waals surface area contributed by atoms with Gasteiger partial charge in [-0.2, -0.15) is 0 Å². The fraction of sp³-hybridized carbons (Fsp3) is 0.152. The Morgan fingerprint density at radius 1 is 0.500 bits per heavy atom. The van der Waals surface area contributed by atoms with Gasteiger partial charge in [-0.3, -0.25) is 14.9 Å². The summed E-state index contributed by atoms with van der Waals surface area (Å²) in [5.74, 6) is 0. The molecule has 36 heavy (non-hydrogen) atoms. The van der Waals surface area contributed by atoms with Crippen LogP contribution in [0.4, 0.5) is 0 Å². The number of rotatable bonds is 8. The van der Waals surface area contributed by atoms with E-state index in [-0.39, 0.29) is 0 Å². The summed E-state index contributed by atoms with van der Waals surface area (Å²) in [5, 5.41) is 0. The van der Waals surface area contributed by atoms with Crippen molar-refractivity contribution >= 4 is 0 Å². The second kappa shape index (κ2) is 11.1. The lowest BCUT2D eigenvalue weighted by atomic mass is 10.1. The van der Waals surface area contributed by atoms with E-state index in [0.717, 1.165) is 53.5 Å². The molecular formula is C33H31N3. The van der Waals surface area contributed by atoms with Gasteiger partial charge in [0, 0.05) is 30.8 Å². The highest BCUT2D eigenvalue weighted by Gasteiger charge is 2.12. The van der Waals surface area contributed by atoms with Crippen LogP contribution in [0.15, 0.2) is 115 Å². The van der Waals surface area contributed by atoms with E-state index in [9.17, 15) is 0 Å². The van der Waals surface area contributed by atoms with E-state index in [4.69, 9.17) is 9.97 Å². The Morgan fingerprint density at radius 3 is 1.50 bits per heavy atom. The molecule has 0 aliphatic heterocycles. The molecule has 0 saturated carbocycles. The number of pyridine rings is 2. The zero-order valence-corrected chi connectivity index (χ0v) is 20.9. The Hall–Kier alpha value is -4.08. The molecule has 0 N–H and O–H groups in total. The van der Waals surface area contributed by atoms with E-state index in [2.05, 4.69) is 134 Å². The lowest BCUT2D eigenvalue weighted by Gasteiger charge is -2.22. The van der Waals surface area contributed by atoms with Crippen molar-refractivity contribution in [2.24, 2.45) is 0 Å². The quantitative estimate of drug-likeness (QED) is 0.234. The average Bonchev–Trinajstić information content (AvgIpc) is 2.90. The third-order valence-electron chi connectivity index (χ3n) is 6.26. The van der Waals surface area contributed by atoms with E-state index >= 15 is 0 Å². The minimum atomic E-state index is 0.741. The van der Waals surface area contributed by atoms with Gasteiger partial charge in [-0.05, 0) is 55.8 Å². The summed E-state index contributed by atoms with van der Waals surface area (Å²) in [6.45, 7) is 6.54. The Bertz CT molecular complexity index is 1350. The summed E-state index contributed by atoms with van der Waals surface area (Å²) in [5.41, 5.74) is 10.2. The molecule has 0 amide bonds.